The van der Waals surface area contributed by atoms with Crippen LogP contribution in [0.2, 0.25) is 0 Å². The number of anilines is 1. The van der Waals surface area contributed by atoms with Gasteiger partial charge in [-0.25, -0.2) is 9.69 Å². The van der Waals surface area contributed by atoms with Crippen LogP contribution in [0.3, 0.4) is 0 Å². The highest BCUT2D eigenvalue weighted by atomic mass is 79.9. The first-order valence-corrected chi connectivity index (χ1v) is 6.53. The Morgan fingerprint density at radius 2 is 1.65 bits per heavy atom. The van der Waals surface area contributed by atoms with Gasteiger partial charge >= 0.3 is 6.03 Å². The zero-order chi connectivity index (χ0) is 12.8. The minimum Gasteiger partial charge on any atom is -0.323 e. The smallest absolute Gasteiger partial charge is 0.323 e. The van der Waals surface area contributed by atoms with Gasteiger partial charge < -0.3 is 5.32 Å². The molecule has 1 N–H and O–H groups in total. The van der Waals surface area contributed by atoms with Crippen LogP contribution in [0.25, 0.3) is 0 Å². The second kappa shape index (κ2) is 4.10. The van der Waals surface area contributed by atoms with Crippen molar-refractivity contribution < 1.29 is 9.59 Å². The van der Waals surface area contributed by atoms with Crippen molar-refractivity contribution in [3.05, 3.63) is 27.1 Å². The summed E-state index contributed by atoms with van der Waals surface area (Å²) in [4.78, 5) is 25.0. The lowest BCUT2D eigenvalue weighted by molar-refractivity contribution is -0.120. The van der Waals surface area contributed by atoms with E-state index < -0.39 is 11.6 Å². The molecule has 1 saturated heterocycles. The number of urea groups is 1. The minimum atomic E-state index is -0.855. The van der Waals surface area contributed by atoms with Gasteiger partial charge in [-0.05, 0) is 32.0 Å². The zero-order valence-electron chi connectivity index (χ0n) is 9.25. The quantitative estimate of drug-likeness (QED) is 0.781. The Balaban J connectivity index is 2.47. The first-order valence-electron chi connectivity index (χ1n) is 4.94. The molecule has 90 valence electrons. The van der Waals surface area contributed by atoms with E-state index in [2.05, 4.69) is 37.2 Å². The van der Waals surface area contributed by atoms with Crippen molar-refractivity contribution >= 4 is 49.5 Å². The number of amides is 3. The molecular formula is C11H10Br2N2O2. The summed E-state index contributed by atoms with van der Waals surface area (Å²) >= 11 is 6.66. The van der Waals surface area contributed by atoms with E-state index in [1.807, 2.05) is 6.07 Å². The third kappa shape index (κ3) is 2.24. The number of nitrogens with zero attached hydrogens (tertiary/aromatic N) is 1. The van der Waals surface area contributed by atoms with Crippen LogP contribution in [0, 0.1) is 0 Å². The lowest BCUT2D eigenvalue weighted by Crippen LogP contribution is -2.40. The average Bonchev–Trinajstić information content (AvgIpc) is 2.34. The molecule has 1 aromatic rings. The van der Waals surface area contributed by atoms with Crippen LogP contribution in [-0.4, -0.2) is 17.5 Å². The number of nitrogens with one attached hydrogen (secondary N) is 1. The Morgan fingerprint density at radius 3 is 2.06 bits per heavy atom. The van der Waals surface area contributed by atoms with Gasteiger partial charge in [0.05, 0.1) is 5.69 Å². The molecule has 1 aromatic carbocycles. The van der Waals surface area contributed by atoms with Crippen LogP contribution in [0.4, 0.5) is 10.5 Å². The van der Waals surface area contributed by atoms with Crippen LogP contribution in [0.1, 0.15) is 13.8 Å². The minimum absolute atomic E-state index is 0.257. The highest BCUT2D eigenvalue weighted by molar-refractivity contribution is 9.11. The summed E-state index contributed by atoms with van der Waals surface area (Å²) in [7, 11) is 0. The third-order valence-electron chi connectivity index (χ3n) is 2.47. The standard InChI is InChI=1S/C11H10Br2N2O2/c1-11(2)9(16)15(10(17)14-11)8-4-6(12)3-7(13)5-8/h3-5H,1-2H3,(H,14,17). The van der Waals surface area contributed by atoms with Gasteiger partial charge in [0.2, 0.25) is 0 Å². The van der Waals surface area contributed by atoms with Gasteiger partial charge in [-0.3, -0.25) is 4.79 Å². The second-order valence-corrected chi connectivity index (χ2v) is 6.15. The topological polar surface area (TPSA) is 49.4 Å². The van der Waals surface area contributed by atoms with Crippen molar-refractivity contribution in [3.63, 3.8) is 0 Å². The molecule has 1 heterocycles. The van der Waals surface area contributed by atoms with Gasteiger partial charge in [0.1, 0.15) is 5.54 Å². The summed E-state index contributed by atoms with van der Waals surface area (Å²) in [6, 6.07) is 4.89. The molecule has 0 radical (unpaired) electrons. The van der Waals surface area contributed by atoms with Crippen molar-refractivity contribution in [1.82, 2.24) is 5.32 Å². The Bertz CT molecular complexity index is 494. The van der Waals surface area contributed by atoms with Crippen molar-refractivity contribution in [2.75, 3.05) is 4.90 Å². The number of halogens is 2. The maximum absolute atomic E-state index is 12.1. The highest BCUT2D eigenvalue weighted by Gasteiger charge is 2.45. The fourth-order valence-corrected chi connectivity index (χ4v) is 2.92. The number of hydrogen-bond donors (Lipinski definition) is 1. The maximum atomic E-state index is 12.1. The van der Waals surface area contributed by atoms with Crippen molar-refractivity contribution in [2.45, 2.75) is 19.4 Å². The predicted molar refractivity (Wildman–Crippen MR) is 71.9 cm³/mol. The summed E-state index contributed by atoms with van der Waals surface area (Å²) in [5.74, 6) is -0.257. The van der Waals surface area contributed by atoms with E-state index in [1.165, 1.54) is 0 Å². The molecule has 0 unspecified atom stereocenters. The van der Waals surface area contributed by atoms with Gasteiger partial charge in [-0.2, -0.15) is 0 Å². The van der Waals surface area contributed by atoms with Crippen LogP contribution in [0.15, 0.2) is 27.1 Å². The van der Waals surface area contributed by atoms with Crippen molar-refractivity contribution in [1.29, 1.82) is 0 Å². The SMILES string of the molecule is CC1(C)NC(=O)N(c2cc(Br)cc(Br)c2)C1=O. The highest BCUT2D eigenvalue weighted by Crippen LogP contribution is 2.30. The first-order chi connectivity index (χ1) is 7.81. The third-order valence-corrected chi connectivity index (χ3v) is 3.38. The number of hydrogen-bond acceptors (Lipinski definition) is 2. The van der Waals surface area contributed by atoms with Gasteiger partial charge in [0, 0.05) is 8.95 Å². The summed E-state index contributed by atoms with van der Waals surface area (Å²) in [5.41, 5.74) is -0.314. The van der Waals surface area contributed by atoms with E-state index in [0.717, 1.165) is 13.8 Å². The van der Waals surface area contributed by atoms with Gasteiger partial charge in [0.25, 0.3) is 5.91 Å². The molecule has 0 bridgehead atoms. The van der Waals surface area contributed by atoms with Gasteiger partial charge in [-0.1, -0.05) is 31.9 Å². The Morgan fingerprint density at radius 1 is 1.12 bits per heavy atom. The van der Waals surface area contributed by atoms with Crippen LogP contribution >= 0.6 is 31.9 Å². The largest absolute Gasteiger partial charge is 0.329 e. The van der Waals surface area contributed by atoms with E-state index in [1.54, 1.807) is 26.0 Å². The molecule has 1 aliphatic rings. The molecule has 3 amide bonds. The number of carbonyl (C=O) groups is 2. The second-order valence-electron chi connectivity index (χ2n) is 4.32. The molecule has 0 atom stereocenters. The van der Waals surface area contributed by atoms with E-state index in [-0.39, 0.29) is 5.91 Å². The van der Waals surface area contributed by atoms with Crippen LogP contribution in [-0.2, 0) is 4.79 Å². The normalized spacial score (nSPS) is 18.5. The summed E-state index contributed by atoms with van der Waals surface area (Å²) in [6.07, 6.45) is 0. The summed E-state index contributed by atoms with van der Waals surface area (Å²) in [5, 5.41) is 2.64. The molecule has 1 aliphatic heterocycles. The zero-order valence-corrected chi connectivity index (χ0v) is 12.4. The maximum Gasteiger partial charge on any atom is 0.329 e. The van der Waals surface area contributed by atoms with E-state index in [9.17, 15) is 9.59 Å². The number of carbonyl (C=O) groups excluding carboxylic acids is 2. The fraction of sp³-hybridized carbons (Fsp3) is 0.273. The molecule has 0 spiro atoms. The molecule has 17 heavy (non-hydrogen) atoms. The predicted octanol–water partition coefficient (Wildman–Crippen LogP) is 3.05. The molecule has 2 rings (SSSR count). The van der Waals surface area contributed by atoms with Crippen LogP contribution < -0.4 is 10.2 Å². The molecule has 4 nitrogen and oxygen atoms in total. The number of benzene rings is 1. The Labute approximate surface area is 116 Å². The Hall–Kier alpha value is -0.880. The van der Waals surface area contributed by atoms with Crippen LogP contribution in [0.5, 0.6) is 0 Å². The summed E-state index contributed by atoms with van der Waals surface area (Å²) in [6.45, 7) is 3.36. The first kappa shape index (κ1) is 12.6. The molecule has 0 aromatic heterocycles. The average molecular weight is 362 g/mol. The van der Waals surface area contributed by atoms with Crippen molar-refractivity contribution in [2.24, 2.45) is 0 Å². The molecule has 6 heteroatoms. The van der Waals surface area contributed by atoms with E-state index in [4.69, 9.17) is 0 Å². The number of rotatable bonds is 1. The Kier molecular flexibility index (Phi) is 3.03. The summed E-state index contributed by atoms with van der Waals surface area (Å²) < 4.78 is 1.60. The molecule has 0 aliphatic carbocycles. The molecular weight excluding hydrogens is 352 g/mol. The van der Waals surface area contributed by atoms with E-state index >= 15 is 0 Å². The lowest BCUT2D eigenvalue weighted by atomic mass is 10.1. The fourth-order valence-electron chi connectivity index (χ4n) is 1.65. The van der Waals surface area contributed by atoms with Gasteiger partial charge in [-0.15, -0.1) is 0 Å². The number of imide groups is 1. The van der Waals surface area contributed by atoms with E-state index in [0.29, 0.717) is 5.69 Å². The molecule has 1 fully saturated rings. The van der Waals surface area contributed by atoms with Crippen molar-refractivity contribution in [3.8, 4) is 0 Å². The lowest BCUT2D eigenvalue weighted by Gasteiger charge is -2.16. The van der Waals surface area contributed by atoms with Gasteiger partial charge in [0.15, 0.2) is 0 Å². The molecule has 0 saturated carbocycles. The monoisotopic (exact) mass is 360 g/mol.